The summed E-state index contributed by atoms with van der Waals surface area (Å²) >= 11 is 0. The second-order valence-electron chi connectivity index (χ2n) is 8.34. The van der Waals surface area contributed by atoms with E-state index in [1.54, 1.807) is 12.3 Å². The van der Waals surface area contributed by atoms with Crippen molar-refractivity contribution in [2.45, 2.75) is 26.2 Å². The van der Waals surface area contributed by atoms with Crippen molar-refractivity contribution in [3.05, 3.63) is 112 Å². The fourth-order valence-corrected chi connectivity index (χ4v) is 4.01. The number of aromatic amines is 1. The third-order valence-electron chi connectivity index (χ3n) is 5.75. The predicted octanol–water partition coefficient (Wildman–Crippen LogP) is 5.66. The number of aromatic nitrogens is 1. The standard InChI is InChI=1S/C29H27NO4/c1-20-12-14-22(15-13-20)26-10-2-3-11-27(26)24-17-23(29(33)30-18-24)8-4-6-21-7-5-9-25(16-21)34-19-28(31)32/h2-3,5,7,9-18H,4,6,8,19H2,1H3,(H,30,33)(H,31,32). The number of nitrogens with one attached hydrogen (secondary N) is 1. The minimum absolute atomic E-state index is 0.0740. The van der Waals surface area contributed by atoms with Crippen molar-refractivity contribution in [1.29, 1.82) is 0 Å². The Morgan fingerprint density at radius 1 is 0.882 bits per heavy atom. The molecule has 5 nitrogen and oxygen atoms in total. The van der Waals surface area contributed by atoms with Gasteiger partial charge in [-0.3, -0.25) is 4.79 Å². The lowest BCUT2D eigenvalue weighted by atomic mass is 9.94. The number of hydrogen-bond donors (Lipinski definition) is 2. The summed E-state index contributed by atoms with van der Waals surface area (Å²) in [6.07, 6.45) is 3.96. The summed E-state index contributed by atoms with van der Waals surface area (Å²) in [4.78, 5) is 26.1. The molecule has 34 heavy (non-hydrogen) atoms. The molecule has 3 aromatic carbocycles. The van der Waals surface area contributed by atoms with Gasteiger partial charge in [0.05, 0.1) is 0 Å². The van der Waals surface area contributed by atoms with Gasteiger partial charge in [-0.15, -0.1) is 0 Å². The minimum Gasteiger partial charge on any atom is -0.482 e. The first-order chi connectivity index (χ1) is 16.5. The lowest BCUT2D eigenvalue weighted by molar-refractivity contribution is -0.139. The van der Waals surface area contributed by atoms with Crippen molar-refractivity contribution in [1.82, 2.24) is 4.98 Å². The van der Waals surface area contributed by atoms with Crippen LogP contribution >= 0.6 is 0 Å². The number of pyridine rings is 1. The first-order valence-corrected chi connectivity index (χ1v) is 11.3. The quantitative estimate of drug-likeness (QED) is 0.343. The van der Waals surface area contributed by atoms with Crippen molar-refractivity contribution in [2.75, 3.05) is 6.61 Å². The van der Waals surface area contributed by atoms with Gasteiger partial charge < -0.3 is 14.8 Å². The van der Waals surface area contributed by atoms with Gasteiger partial charge in [-0.05, 0) is 72.2 Å². The molecule has 1 heterocycles. The molecule has 0 bridgehead atoms. The fraction of sp³-hybridized carbons (Fsp3) is 0.172. The highest BCUT2D eigenvalue weighted by molar-refractivity contribution is 5.83. The molecule has 172 valence electrons. The molecule has 0 atom stereocenters. The number of aryl methyl sites for hydroxylation is 3. The van der Waals surface area contributed by atoms with Crippen LogP contribution in [0.5, 0.6) is 5.75 Å². The molecule has 5 heteroatoms. The number of H-pyrrole nitrogens is 1. The molecule has 2 N–H and O–H groups in total. The van der Waals surface area contributed by atoms with Crippen LogP contribution in [-0.2, 0) is 17.6 Å². The van der Waals surface area contributed by atoms with Gasteiger partial charge in [-0.2, -0.15) is 0 Å². The molecule has 4 rings (SSSR count). The van der Waals surface area contributed by atoms with Crippen molar-refractivity contribution >= 4 is 5.97 Å². The van der Waals surface area contributed by atoms with E-state index in [9.17, 15) is 9.59 Å². The number of benzene rings is 3. The second kappa shape index (κ2) is 10.7. The van der Waals surface area contributed by atoms with E-state index < -0.39 is 5.97 Å². The normalized spacial score (nSPS) is 10.7. The zero-order chi connectivity index (χ0) is 23.9. The van der Waals surface area contributed by atoms with Crippen LogP contribution in [0.3, 0.4) is 0 Å². The van der Waals surface area contributed by atoms with Gasteiger partial charge in [0, 0.05) is 11.8 Å². The fourth-order valence-electron chi connectivity index (χ4n) is 4.01. The van der Waals surface area contributed by atoms with Gasteiger partial charge >= 0.3 is 5.97 Å². The lowest BCUT2D eigenvalue weighted by Gasteiger charge is -2.12. The molecular weight excluding hydrogens is 426 g/mol. The molecule has 0 fully saturated rings. The monoisotopic (exact) mass is 453 g/mol. The highest BCUT2D eigenvalue weighted by Gasteiger charge is 2.10. The Bertz CT molecular complexity index is 1340. The average molecular weight is 454 g/mol. The molecule has 0 unspecified atom stereocenters. The number of aliphatic carboxylic acids is 1. The van der Waals surface area contributed by atoms with E-state index in [1.165, 1.54) is 5.56 Å². The van der Waals surface area contributed by atoms with Gasteiger partial charge in [0.1, 0.15) is 5.75 Å². The molecule has 0 radical (unpaired) electrons. The van der Waals surface area contributed by atoms with Gasteiger partial charge in [-0.25, -0.2) is 4.79 Å². The molecule has 4 aromatic rings. The van der Waals surface area contributed by atoms with Crippen LogP contribution in [0.1, 0.15) is 23.1 Å². The van der Waals surface area contributed by atoms with Crippen LogP contribution in [0.15, 0.2) is 89.9 Å². The summed E-state index contributed by atoms with van der Waals surface area (Å²) in [5, 5.41) is 8.78. The SMILES string of the molecule is Cc1ccc(-c2ccccc2-c2c[nH]c(=O)c(CCCc3cccc(OCC(=O)O)c3)c2)cc1. The first kappa shape index (κ1) is 23.1. The Morgan fingerprint density at radius 3 is 2.35 bits per heavy atom. The molecule has 0 aliphatic heterocycles. The van der Waals surface area contributed by atoms with E-state index in [-0.39, 0.29) is 12.2 Å². The zero-order valence-electron chi connectivity index (χ0n) is 19.1. The van der Waals surface area contributed by atoms with Gasteiger partial charge in [-0.1, -0.05) is 66.2 Å². The Balaban J connectivity index is 1.50. The van der Waals surface area contributed by atoms with E-state index in [1.807, 2.05) is 36.4 Å². The van der Waals surface area contributed by atoms with E-state index in [0.717, 1.165) is 46.2 Å². The smallest absolute Gasteiger partial charge is 0.341 e. The minimum atomic E-state index is -1.01. The third-order valence-corrected chi connectivity index (χ3v) is 5.75. The second-order valence-corrected chi connectivity index (χ2v) is 8.34. The number of carboxylic acid groups (broad SMARTS) is 1. The third kappa shape index (κ3) is 5.81. The van der Waals surface area contributed by atoms with Crippen molar-refractivity contribution < 1.29 is 14.6 Å². The maximum Gasteiger partial charge on any atom is 0.341 e. The van der Waals surface area contributed by atoms with Gasteiger partial charge in [0.25, 0.3) is 5.56 Å². The average Bonchev–Trinajstić information content (AvgIpc) is 2.85. The van der Waals surface area contributed by atoms with Crippen molar-refractivity contribution in [3.63, 3.8) is 0 Å². The van der Waals surface area contributed by atoms with E-state index in [0.29, 0.717) is 12.2 Å². The van der Waals surface area contributed by atoms with Crippen LogP contribution in [0.2, 0.25) is 0 Å². The molecule has 0 saturated carbocycles. The van der Waals surface area contributed by atoms with E-state index in [2.05, 4.69) is 48.3 Å². The Morgan fingerprint density at radius 2 is 1.62 bits per heavy atom. The molecule has 0 amide bonds. The van der Waals surface area contributed by atoms with Crippen LogP contribution in [0.25, 0.3) is 22.3 Å². The number of hydrogen-bond acceptors (Lipinski definition) is 3. The van der Waals surface area contributed by atoms with Crippen LogP contribution in [-0.4, -0.2) is 22.7 Å². The Labute approximate surface area is 198 Å². The van der Waals surface area contributed by atoms with Crippen LogP contribution in [0, 0.1) is 6.92 Å². The number of carboxylic acids is 1. The highest BCUT2D eigenvalue weighted by Crippen LogP contribution is 2.32. The first-order valence-electron chi connectivity index (χ1n) is 11.3. The highest BCUT2D eigenvalue weighted by atomic mass is 16.5. The Kier molecular flexibility index (Phi) is 7.23. The molecule has 1 aromatic heterocycles. The summed E-state index contributed by atoms with van der Waals surface area (Å²) in [6, 6.07) is 26.1. The van der Waals surface area contributed by atoms with E-state index in [4.69, 9.17) is 9.84 Å². The summed E-state index contributed by atoms with van der Waals surface area (Å²) in [6.45, 7) is 1.71. The zero-order valence-corrected chi connectivity index (χ0v) is 19.1. The summed E-state index contributed by atoms with van der Waals surface area (Å²) < 4.78 is 5.26. The molecular formula is C29H27NO4. The molecule has 0 aliphatic rings. The summed E-state index contributed by atoms with van der Waals surface area (Å²) in [7, 11) is 0. The molecule has 0 saturated heterocycles. The lowest BCUT2D eigenvalue weighted by Crippen LogP contribution is -2.12. The Hall–Kier alpha value is -4.12. The predicted molar refractivity (Wildman–Crippen MR) is 134 cm³/mol. The molecule has 0 spiro atoms. The molecule has 0 aliphatic carbocycles. The van der Waals surface area contributed by atoms with Crippen molar-refractivity contribution in [3.8, 4) is 28.0 Å². The summed E-state index contributed by atoms with van der Waals surface area (Å²) in [5.41, 5.74) is 7.25. The largest absolute Gasteiger partial charge is 0.482 e. The van der Waals surface area contributed by atoms with Gasteiger partial charge in [0.15, 0.2) is 6.61 Å². The van der Waals surface area contributed by atoms with E-state index >= 15 is 0 Å². The maximum atomic E-state index is 12.5. The van der Waals surface area contributed by atoms with Crippen LogP contribution < -0.4 is 10.3 Å². The van der Waals surface area contributed by atoms with Crippen LogP contribution in [0.4, 0.5) is 0 Å². The van der Waals surface area contributed by atoms with Gasteiger partial charge in [0.2, 0.25) is 0 Å². The number of rotatable bonds is 9. The summed E-state index contributed by atoms with van der Waals surface area (Å²) in [5.74, 6) is -0.471. The van der Waals surface area contributed by atoms with Crippen molar-refractivity contribution in [2.24, 2.45) is 0 Å². The number of carbonyl (C=O) groups is 1. The topological polar surface area (TPSA) is 79.4 Å². The maximum absolute atomic E-state index is 12.5. The number of ether oxygens (including phenoxy) is 1.